The van der Waals surface area contributed by atoms with Crippen molar-refractivity contribution in [1.29, 1.82) is 0 Å². The highest BCUT2D eigenvalue weighted by atomic mass is 15.1. The Hall–Kier alpha value is -16.8. The van der Waals surface area contributed by atoms with Crippen LogP contribution in [0.4, 0.5) is 5.69 Å². The minimum absolute atomic E-state index is 0.0722. The number of benzene rings is 17. The first-order chi connectivity index (χ1) is 64.2. The van der Waals surface area contributed by atoms with Gasteiger partial charge in [0.15, 0.2) is 23.2 Å². The van der Waals surface area contributed by atoms with Gasteiger partial charge in [-0.3, -0.25) is 9.13 Å². The zero-order valence-electron chi connectivity index (χ0n) is 73.1. The number of imidazole rings is 2. The molecule has 5 aromatic heterocycles. The molecule has 0 bridgehead atoms. The van der Waals surface area contributed by atoms with Crippen molar-refractivity contribution in [2.45, 2.75) is 57.8 Å². The van der Waals surface area contributed by atoms with E-state index in [9.17, 15) is 0 Å². The number of hydrogen-bond acceptors (Lipinski definition) is 8. The van der Waals surface area contributed by atoms with Gasteiger partial charge in [-0.2, -0.15) is 0 Å². The molecule has 0 atom stereocenters. The first-order valence-corrected chi connectivity index (χ1v) is 44.6. The molecule has 17 aromatic carbocycles. The Morgan fingerprint density at radius 2 is 0.527 bits per heavy atom. The van der Waals surface area contributed by atoms with Crippen molar-refractivity contribution in [2.24, 2.45) is 0 Å². The molecule has 3 aliphatic carbocycles. The molecule has 0 saturated heterocycles. The van der Waals surface area contributed by atoms with Gasteiger partial charge in [0.25, 0.3) is 0 Å². The molecule has 22 aromatic rings. The van der Waals surface area contributed by atoms with E-state index in [1.54, 1.807) is 0 Å². The van der Waals surface area contributed by atoms with Crippen molar-refractivity contribution in [2.75, 3.05) is 0 Å². The van der Waals surface area contributed by atoms with Crippen LogP contribution in [0, 0.1) is 6.57 Å². The molecule has 5 heterocycles. The van der Waals surface area contributed by atoms with Crippen LogP contribution >= 0.6 is 0 Å². The van der Waals surface area contributed by atoms with Gasteiger partial charge in [-0.25, -0.2) is 44.7 Å². The normalized spacial score (nSPS) is 13.1. The van der Waals surface area contributed by atoms with Crippen molar-refractivity contribution >= 4 is 60.5 Å². The molecule has 25 rings (SSSR count). The summed E-state index contributed by atoms with van der Waals surface area (Å²) in [5, 5.41) is 3.07. The number of fused-ring (bicyclic) bond motifs is 14. The third-order valence-corrected chi connectivity index (χ3v) is 26.8. The van der Waals surface area contributed by atoms with Crippen molar-refractivity contribution in [3.63, 3.8) is 0 Å². The third kappa shape index (κ3) is 13.4. The molecule has 0 radical (unpaired) electrons. The van der Waals surface area contributed by atoms with Gasteiger partial charge in [-0.1, -0.05) is 381 Å². The molecule has 11 heteroatoms. The summed E-state index contributed by atoms with van der Waals surface area (Å²) in [6, 6.07) is 142. The molecular weight excluding hydrogens is 1600 g/mol. The fourth-order valence-electron chi connectivity index (χ4n) is 20.3. The van der Waals surface area contributed by atoms with Gasteiger partial charge in [0.05, 0.1) is 62.3 Å². The van der Waals surface area contributed by atoms with Crippen molar-refractivity contribution < 1.29 is 0 Å². The lowest BCUT2D eigenvalue weighted by molar-refractivity contribution is 0.660. The minimum Gasteiger partial charge on any atom is -0.292 e. The van der Waals surface area contributed by atoms with E-state index in [1.165, 1.54) is 66.8 Å². The maximum Gasteiger partial charge on any atom is 0.187 e. The fourth-order valence-corrected chi connectivity index (χ4v) is 20.3. The molecule has 620 valence electrons. The summed E-state index contributed by atoms with van der Waals surface area (Å²) < 4.78 is 4.49. The summed E-state index contributed by atoms with van der Waals surface area (Å²) in [5.41, 5.74) is 38.2. The number of nitrogens with zero attached hydrogens (tertiary/aromatic N) is 11. The molecule has 0 N–H and O–H groups in total. The second-order valence-corrected chi connectivity index (χ2v) is 35.5. The molecule has 131 heavy (non-hydrogen) atoms. The Balaban J connectivity index is 0.000000114. The van der Waals surface area contributed by atoms with Gasteiger partial charge in [-0.15, -0.1) is 0 Å². The van der Waals surface area contributed by atoms with Crippen LogP contribution in [0.5, 0.6) is 0 Å². The Bertz CT molecular complexity index is 8350. The van der Waals surface area contributed by atoms with Crippen LogP contribution < -0.4 is 0 Å². The van der Waals surface area contributed by atoms with E-state index in [0.717, 1.165) is 168 Å². The fraction of sp³-hybridized carbons (Fsp3) is 0.0750. The van der Waals surface area contributed by atoms with Crippen molar-refractivity contribution in [3.05, 3.63) is 451 Å². The third-order valence-electron chi connectivity index (χ3n) is 26.8. The van der Waals surface area contributed by atoms with Gasteiger partial charge in [-0.05, 0) is 150 Å². The molecule has 3 aliphatic rings. The van der Waals surface area contributed by atoms with Gasteiger partial charge in [0.1, 0.15) is 11.6 Å². The summed E-state index contributed by atoms with van der Waals surface area (Å²) in [5.74, 6) is 4.06. The number of aromatic nitrogens is 10. The standard InChI is InChI=1S/C48H34N4.C42H30N4.C30H21N3/c1-48(2)39-21-11-9-18-36(39)44-38(20-13-22-40(44)48)46-49-41-23-12-10-19-37(41)45(51-46)32-26-24-31(25-27-32)34-28-29-43-42(30-34)50-47(33-14-5-3-6-15-33)52(43)35-16-7-4-8-17-35;1-42(2)33-18-8-6-15-30(33)38-32(17-12-19-34(38)42)40-43-35-20-9-7-16-31(35)39(45-40)27-23-25-29(26-24-27)46-37-22-11-10-21-36(37)44-41(46)28-13-4-3-5-14-28;1-30(2)24-12-6-4-9-21(24)27-23(11-8-13-25(27)30)29-32-26-14-7-5-10-22(26)28(33-29)19-15-17-20(31-3)18-16-19/h3-30H,1-2H3;3-26H,1-2H3;4-18H,1-2H3. The summed E-state index contributed by atoms with van der Waals surface area (Å²) in [4.78, 5) is 44.8. The SMILES string of the molecule is CC1(C)c2ccccc2-c2c(-c3nc(-c4ccc(-c5ccc6c(c5)nc(-c5ccccc5)n6-c5ccccc5)cc4)c4ccccc4n3)cccc21.CC1(C)c2ccccc2-c2c(-c3nc(-c4ccc(-n5c(-c6ccccc6)nc6ccccc65)cc4)c4ccccc4n3)cccc21.[C-]#[N+]c1ccc(-c2nc(-c3cccc4c3-c3ccccc3C4(C)C)nc3ccccc23)cc1. The second kappa shape index (κ2) is 31.6. The molecule has 11 nitrogen and oxygen atoms in total. The predicted octanol–water partition coefficient (Wildman–Crippen LogP) is 30.0. The van der Waals surface area contributed by atoms with E-state index in [0.29, 0.717) is 5.69 Å². The summed E-state index contributed by atoms with van der Waals surface area (Å²) >= 11 is 0. The first kappa shape index (κ1) is 78.9. The molecule has 0 unspecified atom stereocenters. The maximum absolute atomic E-state index is 7.26. The summed E-state index contributed by atoms with van der Waals surface area (Å²) in [6.07, 6.45) is 0. The van der Waals surface area contributed by atoms with Crippen LogP contribution in [-0.4, -0.2) is 49.0 Å². The lowest BCUT2D eigenvalue weighted by Crippen LogP contribution is -2.14. The highest BCUT2D eigenvalue weighted by Gasteiger charge is 2.41. The Labute approximate surface area is 760 Å². The van der Waals surface area contributed by atoms with Gasteiger partial charge in [0, 0.05) is 82.7 Å². The van der Waals surface area contributed by atoms with E-state index < -0.39 is 0 Å². The zero-order valence-corrected chi connectivity index (χ0v) is 73.1. The van der Waals surface area contributed by atoms with E-state index in [-0.39, 0.29) is 16.2 Å². The Kier molecular flexibility index (Phi) is 19.1. The van der Waals surface area contributed by atoms with Crippen LogP contribution in [0.1, 0.15) is 74.9 Å². The average molecular weight is 1680 g/mol. The summed E-state index contributed by atoms with van der Waals surface area (Å²) in [7, 11) is 0. The number of para-hydroxylation sites is 6. The van der Waals surface area contributed by atoms with Crippen molar-refractivity contribution in [3.8, 4) is 147 Å². The highest BCUT2D eigenvalue weighted by molar-refractivity contribution is 6.02. The van der Waals surface area contributed by atoms with E-state index in [4.69, 9.17) is 46.4 Å². The van der Waals surface area contributed by atoms with Crippen LogP contribution in [0.3, 0.4) is 0 Å². The largest absolute Gasteiger partial charge is 0.292 e. The number of rotatable bonds is 11. The van der Waals surface area contributed by atoms with Gasteiger partial charge in [0.2, 0.25) is 0 Å². The lowest BCUT2D eigenvalue weighted by atomic mass is 9.82. The lowest BCUT2D eigenvalue weighted by Gasteiger charge is -2.21. The Morgan fingerprint density at radius 1 is 0.221 bits per heavy atom. The molecule has 0 aliphatic heterocycles. The van der Waals surface area contributed by atoms with E-state index >= 15 is 0 Å². The van der Waals surface area contributed by atoms with Gasteiger partial charge < -0.3 is 0 Å². The predicted molar refractivity (Wildman–Crippen MR) is 536 cm³/mol. The highest BCUT2D eigenvalue weighted by Crippen LogP contribution is 2.56. The maximum atomic E-state index is 7.26. The zero-order chi connectivity index (χ0) is 88.2. The van der Waals surface area contributed by atoms with Crippen LogP contribution in [-0.2, 0) is 16.2 Å². The van der Waals surface area contributed by atoms with Crippen molar-refractivity contribution in [1.82, 2.24) is 49.0 Å². The minimum atomic E-state index is -0.0940. The smallest absolute Gasteiger partial charge is 0.187 e. The van der Waals surface area contributed by atoms with E-state index in [1.807, 2.05) is 66.7 Å². The van der Waals surface area contributed by atoms with Crippen LogP contribution in [0.25, 0.3) is 206 Å². The average Bonchev–Trinajstić information content (AvgIpc) is 1.59. The molecule has 0 fully saturated rings. The molecule has 0 amide bonds. The monoisotopic (exact) mass is 1680 g/mol. The molecular formula is C120H85N11. The molecule has 0 saturated carbocycles. The van der Waals surface area contributed by atoms with Crippen LogP contribution in [0.2, 0.25) is 0 Å². The molecule has 0 spiro atoms. The van der Waals surface area contributed by atoms with Crippen LogP contribution in [0.15, 0.2) is 406 Å². The first-order valence-electron chi connectivity index (χ1n) is 44.6. The van der Waals surface area contributed by atoms with E-state index in [2.05, 4.69) is 395 Å². The Morgan fingerprint density at radius 3 is 0.947 bits per heavy atom. The second-order valence-electron chi connectivity index (χ2n) is 35.5. The van der Waals surface area contributed by atoms with Gasteiger partial charge >= 0.3 is 0 Å². The topological polar surface area (TPSA) is 117 Å². The summed E-state index contributed by atoms with van der Waals surface area (Å²) in [6.45, 7) is 21.1. The number of hydrogen-bond donors (Lipinski definition) is 0. The quantitative estimate of drug-likeness (QED) is 0.118.